The SMILES string of the molecule is CC(C)(C)CC(=O)N1CC2CCC2C1C(N)=O. The molecular weight excluding hydrogens is 216 g/mol. The first kappa shape index (κ1) is 12.4. The monoisotopic (exact) mass is 238 g/mol. The second-order valence-electron chi connectivity index (χ2n) is 6.63. The first-order valence-corrected chi connectivity index (χ1v) is 6.38. The van der Waals surface area contributed by atoms with Gasteiger partial charge in [-0.1, -0.05) is 20.8 Å². The molecule has 2 N–H and O–H groups in total. The minimum absolute atomic E-state index is 0.0408. The minimum Gasteiger partial charge on any atom is -0.368 e. The molecule has 1 saturated heterocycles. The second-order valence-corrected chi connectivity index (χ2v) is 6.63. The van der Waals surface area contributed by atoms with Gasteiger partial charge in [0.25, 0.3) is 0 Å². The van der Waals surface area contributed by atoms with Crippen LogP contribution < -0.4 is 5.73 Å². The van der Waals surface area contributed by atoms with Gasteiger partial charge in [0.1, 0.15) is 6.04 Å². The Balaban J connectivity index is 2.09. The van der Waals surface area contributed by atoms with E-state index in [1.807, 2.05) is 20.8 Å². The van der Waals surface area contributed by atoms with E-state index in [-0.39, 0.29) is 23.3 Å². The molecule has 96 valence electrons. The quantitative estimate of drug-likeness (QED) is 0.784. The van der Waals surface area contributed by atoms with Gasteiger partial charge in [-0.25, -0.2) is 0 Å². The normalized spacial score (nSPS) is 31.9. The Hall–Kier alpha value is -1.06. The standard InChI is InChI=1S/C13H22N2O2/c1-13(2,3)6-10(16)15-7-8-4-5-9(8)11(15)12(14)17/h8-9,11H,4-7H2,1-3H3,(H2,14,17). The number of likely N-dealkylation sites (tertiary alicyclic amines) is 1. The van der Waals surface area contributed by atoms with Gasteiger partial charge in [-0.15, -0.1) is 0 Å². The van der Waals surface area contributed by atoms with Gasteiger partial charge >= 0.3 is 0 Å². The number of primary amides is 1. The van der Waals surface area contributed by atoms with Crippen LogP contribution >= 0.6 is 0 Å². The van der Waals surface area contributed by atoms with E-state index < -0.39 is 0 Å². The topological polar surface area (TPSA) is 63.4 Å². The van der Waals surface area contributed by atoms with Crippen molar-refractivity contribution in [3.63, 3.8) is 0 Å². The summed E-state index contributed by atoms with van der Waals surface area (Å²) in [7, 11) is 0. The van der Waals surface area contributed by atoms with Crippen molar-refractivity contribution >= 4 is 11.8 Å². The summed E-state index contributed by atoms with van der Waals surface area (Å²) >= 11 is 0. The number of amides is 2. The lowest BCUT2D eigenvalue weighted by molar-refractivity contribution is -0.139. The van der Waals surface area contributed by atoms with E-state index in [1.165, 1.54) is 0 Å². The molecule has 0 aromatic carbocycles. The Bertz CT molecular complexity index is 346. The van der Waals surface area contributed by atoms with Crippen molar-refractivity contribution in [3.8, 4) is 0 Å². The fraction of sp³-hybridized carbons (Fsp3) is 0.846. The average Bonchev–Trinajstić information content (AvgIpc) is 2.35. The lowest BCUT2D eigenvalue weighted by atomic mass is 9.73. The highest BCUT2D eigenvalue weighted by atomic mass is 16.2. The van der Waals surface area contributed by atoms with E-state index in [1.54, 1.807) is 4.90 Å². The molecule has 0 aromatic rings. The first-order chi connectivity index (χ1) is 7.79. The zero-order chi connectivity index (χ0) is 12.8. The molecule has 17 heavy (non-hydrogen) atoms. The molecule has 1 saturated carbocycles. The molecule has 2 rings (SSSR count). The summed E-state index contributed by atoms with van der Waals surface area (Å²) in [6.07, 6.45) is 2.65. The van der Waals surface area contributed by atoms with Crippen LogP contribution in [0.5, 0.6) is 0 Å². The van der Waals surface area contributed by atoms with Crippen LogP contribution in [0.4, 0.5) is 0 Å². The summed E-state index contributed by atoms with van der Waals surface area (Å²) in [5.41, 5.74) is 5.40. The number of fused-ring (bicyclic) bond motifs is 1. The van der Waals surface area contributed by atoms with Crippen LogP contribution in [0.25, 0.3) is 0 Å². The van der Waals surface area contributed by atoms with Gasteiger partial charge in [-0.2, -0.15) is 0 Å². The number of hydrogen-bond acceptors (Lipinski definition) is 2. The number of carbonyl (C=O) groups is 2. The Kier molecular flexibility index (Phi) is 2.92. The van der Waals surface area contributed by atoms with E-state index in [0.717, 1.165) is 19.4 Å². The molecule has 2 fully saturated rings. The number of hydrogen-bond donors (Lipinski definition) is 1. The smallest absolute Gasteiger partial charge is 0.240 e. The van der Waals surface area contributed by atoms with Crippen molar-refractivity contribution in [1.82, 2.24) is 4.90 Å². The highest BCUT2D eigenvalue weighted by Crippen LogP contribution is 2.45. The van der Waals surface area contributed by atoms with Crippen LogP contribution in [0.3, 0.4) is 0 Å². The van der Waals surface area contributed by atoms with Crippen molar-refractivity contribution in [3.05, 3.63) is 0 Å². The Morgan fingerprint density at radius 1 is 1.29 bits per heavy atom. The molecule has 1 heterocycles. The minimum atomic E-state index is -0.344. The maximum Gasteiger partial charge on any atom is 0.240 e. The largest absolute Gasteiger partial charge is 0.368 e. The van der Waals surface area contributed by atoms with Crippen LogP contribution in [0.2, 0.25) is 0 Å². The van der Waals surface area contributed by atoms with Gasteiger partial charge in [0.15, 0.2) is 0 Å². The lowest BCUT2D eigenvalue weighted by Crippen LogP contribution is -2.47. The van der Waals surface area contributed by atoms with Crippen molar-refractivity contribution < 1.29 is 9.59 Å². The molecule has 0 spiro atoms. The van der Waals surface area contributed by atoms with E-state index in [0.29, 0.717) is 18.3 Å². The van der Waals surface area contributed by atoms with Gasteiger partial charge < -0.3 is 10.6 Å². The predicted octanol–water partition coefficient (Wildman–Crippen LogP) is 1.14. The molecule has 4 heteroatoms. The molecule has 3 unspecified atom stereocenters. The fourth-order valence-electron chi connectivity index (χ4n) is 3.01. The van der Waals surface area contributed by atoms with E-state index in [4.69, 9.17) is 5.73 Å². The van der Waals surface area contributed by atoms with Gasteiger partial charge in [0.2, 0.25) is 11.8 Å². The fourth-order valence-corrected chi connectivity index (χ4v) is 3.01. The summed E-state index contributed by atoms with van der Waals surface area (Å²) in [4.78, 5) is 25.4. The Morgan fingerprint density at radius 2 is 1.94 bits per heavy atom. The predicted molar refractivity (Wildman–Crippen MR) is 65.0 cm³/mol. The third-order valence-corrected chi connectivity index (χ3v) is 3.94. The molecule has 0 radical (unpaired) electrons. The lowest BCUT2D eigenvalue weighted by Gasteiger charge is -2.32. The highest BCUT2D eigenvalue weighted by Gasteiger charge is 2.51. The van der Waals surface area contributed by atoms with Crippen LogP contribution in [-0.4, -0.2) is 29.3 Å². The molecule has 3 atom stereocenters. The van der Waals surface area contributed by atoms with Gasteiger partial charge in [-0.05, 0) is 30.1 Å². The summed E-state index contributed by atoms with van der Waals surface area (Å²) < 4.78 is 0. The van der Waals surface area contributed by atoms with Crippen molar-refractivity contribution in [1.29, 1.82) is 0 Å². The molecule has 1 aliphatic carbocycles. The first-order valence-electron chi connectivity index (χ1n) is 6.38. The van der Waals surface area contributed by atoms with E-state index in [2.05, 4.69) is 0 Å². The van der Waals surface area contributed by atoms with Gasteiger partial charge in [0, 0.05) is 13.0 Å². The maximum atomic E-state index is 12.2. The van der Waals surface area contributed by atoms with Crippen LogP contribution in [0.1, 0.15) is 40.0 Å². The third kappa shape index (κ3) is 2.31. The van der Waals surface area contributed by atoms with E-state index >= 15 is 0 Å². The Labute approximate surface area is 103 Å². The van der Waals surface area contributed by atoms with Crippen LogP contribution in [0.15, 0.2) is 0 Å². The number of nitrogens with zero attached hydrogens (tertiary/aromatic N) is 1. The summed E-state index contributed by atoms with van der Waals surface area (Å²) in [6, 6.07) is -0.344. The molecule has 2 amide bonds. The summed E-state index contributed by atoms with van der Waals surface area (Å²) in [5.74, 6) is 0.586. The van der Waals surface area contributed by atoms with E-state index in [9.17, 15) is 9.59 Å². The van der Waals surface area contributed by atoms with Crippen molar-refractivity contribution in [2.45, 2.75) is 46.1 Å². The third-order valence-electron chi connectivity index (χ3n) is 3.94. The number of nitrogens with two attached hydrogens (primary N) is 1. The molecule has 2 aliphatic rings. The number of carbonyl (C=O) groups excluding carboxylic acids is 2. The maximum absolute atomic E-state index is 12.2. The van der Waals surface area contributed by atoms with Crippen molar-refractivity contribution in [2.75, 3.05) is 6.54 Å². The second kappa shape index (κ2) is 4.00. The molecule has 0 bridgehead atoms. The van der Waals surface area contributed by atoms with Crippen molar-refractivity contribution in [2.24, 2.45) is 23.0 Å². The summed E-state index contributed by atoms with van der Waals surface area (Å²) in [6.45, 7) is 6.84. The van der Waals surface area contributed by atoms with Crippen LogP contribution in [-0.2, 0) is 9.59 Å². The van der Waals surface area contributed by atoms with Gasteiger partial charge in [0.05, 0.1) is 0 Å². The zero-order valence-electron chi connectivity index (χ0n) is 10.9. The average molecular weight is 238 g/mol. The summed E-state index contributed by atoms with van der Waals surface area (Å²) in [5, 5.41) is 0. The molecule has 1 aliphatic heterocycles. The highest BCUT2D eigenvalue weighted by molar-refractivity contribution is 5.88. The molecule has 4 nitrogen and oxygen atoms in total. The Morgan fingerprint density at radius 3 is 2.35 bits per heavy atom. The van der Waals surface area contributed by atoms with Crippen LogP contribution in [0, 0.1) is 17.3 Å². The number of rotatable bonds is 2. The zero-order valence-corrected chi connectivity index (χ0v) is 10.9. The molecular formula is C13H22N2O2. The molecule has 0 aromatic heterocycles. The van der Waals surface area contributed by atoms with Gasteiger partial charge in [-0.3, -0.25) is 9.59 Å².